The Labute approximate surface area is 93.7 Å². The van der Waals surface area contributed by atoms with E-state index in [2.05, 4.69) is 38.6 Å². The van der Waals surface area contributed by atoms with Gasteiger partial charge in [0, 0.05) is 0 Å². The Morgan fingerprint density at radius 2 is 1.80 bits per heavy atom. The van der Waals surface area contributed by atoms with Crippen LogP contribution in [0.15, 0.2) is 66.8 Å². The number of hydrogen-bond donors (Lipinski definition) is 0. The summed E-state index contributed by atoms with van der Waals surface area (Å²) in [6.07, 6.45) is 7.77. The van der Waals surface area contributed by atoms with Crippen LogP contribution in [0.1, 0.15) is 19.4 Å². The van der Waals surface area contributed by atoms with Crippen LogP contribution >= 0.6 is 0 Å². The lowest BCUT2D eigenvalue weighted by Gasteiger charge is -1.82. The third-order valence-corrected chi connectivity index (χ3v) is 1.89. The third-order valence-electron chi connectivity index (χ3n) is 1.89. The van der Waals surface area contributed by atoms with Gasteiger partial charge in [0.1, 0.15) is 0 Å². The second kappa shape index (κ2) is 9.01. The minimum Gasteiger partial charge on any atom is -0.0991 e. The molecule has 1 rings (SSSR count). The molecule has 0 aliphatic carbocycles. The van der Waals surface area contributed by atoms with Gasteiger partial charge in [0.15, 0.2) is 0 Å². The Morgan fingerprint density at radius 1 is 1.20 bits per heavy atom. The molecule has 0 aliphatic rings. The molecule has 0 nitrogen and oxygen atoms in total. The molecule has 0 saturated carbocycles. The van der Waals surface area contributed by atoms with Crippen LogP contribution in [-0.4, -0.2) is 0 Å². The zero-order valence-corrected chi connectivity index (χ0v) is 9.90. The van der Waals surface area contributed by atoms with Gasteiger partial charge < -0.3 is 0 Å². The molecule has 0 aromatic heterocycles. The van der Waals surface area contributed by atoms with Gasteiger partial charge in [-0.05, 0) is 20.8 Å². The summed E-state index contributed by atoms with van der Waals surface area (Å²) >= 11 is 0. The van der Waals surface area contributed by atoms with Gasteiger partial charge in [0.2, 0.25) is 0 Å². The quantitative estimate of drug-likeness (QED) is 0.607. The smallest absolute Gasteiger partial charge is 0.0398 e. The summed E-state index contributed by atoms with van der Waals surface area (Å²) in [5.41, 5.74) is 2.59. The molecule has 80 valence electrons. The molecule has 0 bridgehead atoms. The number of aryl methyl sites for hydroxylation is 1. The molecule has 0 atom stereocenters. The minimum atomic E-state index is 1.27. The van der Waals surface area contributed by atoms with Crippen LogP contribution in [0, 0.1) is 6.92 Å². The summed E-state index contributed by atoms with van der Waals surface area (Å²) in [7, 11) is 0. The summed E-state index contributed by atoms with van der Waals surface area (Å²) in [4.78, 5) is 0. The van der Waals surface area contributed by atoms with E-state index < -0.39 is 0 Å². The van der Waals surface area contributed by atoms with Gasteiger partial charge in [0.25, 0.3) is 0 Å². The molecule has 0 fully saturated rings. The molecule has 0 heterocycles. The molecule has 0 radical (unpaired) electrons. The Kier molecular flexibility index (Phi) is 8.08. The lowest BCUT2D eigenvalue weighted by atomic mass is 10.2. The monoisotopic (exact) mass is 200 g/mol. The molecular formula is C15H20. The Balaban J connectivity index is 0.000000262. The van der Waals surface area contributed by atoms with Gasteiger partial charge in [-0.25, -0.2) is 0 Å². The van der Waals surface area contributed by atoms with Crippen molar-refractivity contribution in [3.63, 3.8) is 0 Å². The predicted octanol–water partition coefficient (Wildman–Crippen LogP) is 4.69. The standard InChI is InChI=1S/C8H12.C7H8/c1-4-6-7-8(3)5-2;1-7-5-3-2-4-6-7/h4-7H,1H2,2-3H3;2-6H,1H3/b7-6-,8-5-;. The molecule has 15 heavy (non-hydrogen) atoms. The summed E-state index contributed by atoms with van der Waals surface area (Å²) in [5, 5.41) is 0. The molecule has 1 aromatic rings. The van der Waals surface area contributed by atoms with Gasteiger partial charge in [-0.1, -0.05) is 72.4 Å². The fourth-order valence-corrected chi connectivity index (χ4v) is 0.850. The Hall–Kier alpha value is -1.56. The zero-order valence-electron chi connectivity index (χ0n) is 9.90. The van der Waals surface area contributed by atoms with E-state index in [1.54, 1.807) is 6.08 Å². The van der Waals surface area contributed by atoms with E-state index in [-0.39, 0.29) is 0 Å². The van der Waals surface area contributed by atoms with E-state index in [9.17, 15) is 0 Å². The average molecular weight is 200 g/mol. The first kappa shape index (κ1) is 13.4. The Morgan fingerprint density at radius 3 is 2.13 bits per heavy atom. The van der Waals surface area contributed by atoms with Crippen molar-refractivity contribution in [2.75, 3.05) is 0 Å². The number of benzene rings is 1. The molecule has 0 unspecified atom stereocenters. The SMILES string of the molecule is C=C/C=C\C(C)=C/C.Cc1ccccc1. The maximum atomic E-state index is 3.55. The second-order valence-corrected chi connectivity index (χ2v) is 3.28. The highest BCUT2D eigenvalue weighted by Gasteiger charge is 1.72. The third kappa shape index (κ3) is 8.76. The van der Waals surface area contributed by atoms with Crippen molar-refractivity contribution in [3.8, 4) is 0 Å². The second-order valence-electron chi connectivity index (χ2n) is 3.28. The predicted molar refractivity (Wildman–Crippen MR) is 69.9 cm³/mol. The molecule has 0 spiro atoms. The molecule has 1 aromatic carbocycles. The first-order valence-corrected chi connectivity index (χ1v) is 5.14. The number of allylic oxidation sites excluding steroid dienone is 5. The van der Waals surface area contributed by atoms with Crippen LogP contribution in [0.3, 0.4) is 0 Å². The van der Waals surface area contributed by atoms with Crippen molar-refractivity contribution in [1.29, 1.82) is 0 Å². The highest BCUT2D eigenvalue weighted by Crippen LogP contribution is 1.92. The normalized spacial score (nSPS) is 10.7. The van der Waals surface area contributed by atoms with Crippen LogP contribution in [0.25, 0.3) is 0 Å². The van der Waals surface area contributed by atoms with Gasteiger partial charge in [-0.3, -0.25) is 0 Å². The first-order valence-electron chi connectivity index (χ1n) is 5.14. The fraction of sp³-hybridized carbons (Fsp3) is 0.200. The average Bonchev–Trinajstić information content (AvgIpc) is 2.28. The van der Waals surface area contributed by atoms with Gasteiger partial charge in [-0.2, -0.15) is 0 Å². The zero-order chi connectivity index (χ0) is 11.5. The lowest BCUT2D eigenvalue weighted by molar-refractivity contribution is 1.48. The van der Waals surface area contributed by atoms with Crippen molar-refractivity contribution < 1.29 is 0 Å². The number of rotatable bonds is 2. The molecule has 0 heteroatoms. The summed E-state index contributed by atoms with van der Waals surface area (Å²) in [6, 6.07) is 10.3. The van der Waals surface area contributed by atoms with Crippen LogP contribution in [0.5, 0.6) is 0 Å². The van der Waals surface area contributed by atoms with Crippen LogP contribution in [-0.2, 0) is 0 Å². The van der Waals surface area contributed by atoms with Crippen molar-refractivity contribution >= 4 is 0 Å². The van der Waals surface area contributed by atoms with Crippen LogP contribution in [0.4, 0.5) is 0 Å². The summed E-state index contributed by atoms with van der Waals surface area (Å²) in [6.45, 7) is 9.71. The maximum Gasteiger partial charge on any atom is -0.0398 e. The van der Waals surface area contributed by atoms with E-state index in [1.807, 2.05) is 37.3 Å². The van der Waals surface area contributed by atoms with Crippen molar-refractivity contribution in [3.05, 3.63) is 72.4 Å². The van der Waals surface area contributed by atoms with Gasteiger partial charge in [-0.15, -0.1) is 0 Å². The fourth-order valence-electron chi connectivity index (χ4n) is 0.850. The van der Waals surface area contributed by atoms with Crippen molar-refractivity contribution in [2.24, 2.45) is 0 Å². The molecular weight excluding hydrogens is 180 g/mol. The minimum absolute atomic E-state index is 1.27. The molecule has 0 saturated heterocycles. The number of hydrogen-bond acceptors (Lipinski definition) is 0. The molecule has 0 amide bonds. The topological polar surface area (TPSA) is 0 Å². The lowest BCUT2D eigenvalue weighted by Crippen LogP contribution is -1.62. The van der Waals surface area contributed by atoms with E-state index in [0.29, 0.717) is 0 Å². The van der Waals surface area contributed by atoms with Gasteiger partial charge >= 0.3 is 0 Å². The maximum absolute atomic E-state index is 3.55. The van der Waals surface area contributed by atoms with Crippen LogP contribution in [0.2, 0.25) is 0 Å². The summed E-state index contributed by atoms with van der Waals surface area (Å²) < 4.78 is 0. The first-order chi connectivity index (χ1) is 7.20. The van der Waals surface area contributed by atoms with E-state index >= 15 is 0 Å². The van der Waals surface area contributed by atoms with Crippen molar-refractivity contribution in [1.82, 2.24) is 0 Å². The van der Waals surface area contributed by atoms with E-state index in [1.165, 1.54) is 11.1 Å². The molecule has 0 aliphatic heterocycles. The van der Waals surface area contributed by atoms with E-state index in [0.717, 1.165) is 0 Å². The Bertz CT molecular complexity index is 315. The highest BCUT2D eigenvalue weighted by atomic mass is 13.8. The van der Waals surface area contributed by atoms with Gasteiger partial charge in [0.05, 0.1) is 0 Å². The largest absolute Gasteiger partial charge is 0.0991 e. The molecule has 0 N–H and O–H groups in total. The highest BCUT2D eigenvalue weighted by molar-refractivity contribution is 5.18. The van der Waals surface area contributed by atoms with Crippen LogP contribution < -0.4 is 0 Å². The summed E-state index contributed by atoms with van der Waals surface area (Å²) in [5.74, 6) is 0. The van der Waals surface area contributed by atoms with E-state index in [4.69, 9.17) is 0 Å². The van der Waals surface area contributed by atoms with Crippen molar-refractivity contribution in [2.45, 2.75) is 20.8 Å².